The quantitative estimate of drug-likeness (QED) is 0.764. The van der Waals surface area contributed by atoms with Crippen molar-refractivity contribution in [3.63, 3.8) is 0 Å². The van der Waals surface area contributed by atoms with E-state index in [4.69, 9.17) is 4.74 Å². The number of hydrogen-bond acceptors (Lipinski definition) is 6. The van der Waals surface area contributed by atoms with Crippen LogP contribution in [0.4, 0.5) is 0 Å². The highest BCUT2D eigenvalue weighted by Crippen LogP contribution is 2.32. The van der Waals surface area contributed by atoms with Crippen molar-refractivity contribution in [2.45, 2.75) is 12.8 Å². The zero-order valence-electron chi connectivity index (χ0n) is 11.7. The van der Waals surface area contributed by atoms with Gasteiger partial charge in [-0.15, -0.1) is 0 Å². The number of aromatic nitrogens is 4. The van der Waals surface area contributed by atoms with Crippen molar-refractivity contribution in [2.75, 3.05) is 20.2 Å². The standard InChI is InChI=1S/C14H15N5O2/c1-21-14-11-13(15-7-16-14)19(8-17-11)6-10-12(20)9-2-4-18(10)5-3-9/h6-9H,2-5H2,1H3/b10-6+. The smallest absolute Gasteiger partial charge is 0.245 e. The van der Waals surface area contributed by atoms with E-state index in [-0.39, 0.29) is 11.7 Å². The Labute approximate surface area is 121 Å². The molecule has 5 rings (SSSR count). The lowest BCUT2D eigenvalue weighted by atomic mass is 9.85. The SMILES string of the molecule is COc1ncnc2c1ncn2/C=C1\C(=O)C2CCN1CC2. The lowest BCUT2D eigenvalue weighted by Crippen LogP contribution is -2.46. The first-order chi connectivity index (χ1) is 10.3. The van der Waals surface area contributed by atoms with Gasteiger partial charge in [0, 0.05) is 25.2 Å². The predicted octanol–water partition coefficient (Wildman–Crippen LogP) is 0.928. The van der Waals surface area contributed by atoms with Gasteiger partial charge in [-0.3, -0.25) is 9.36 Å². The predicted molar refractivity (Wildman–Crippen MR) is 75.5 cm³/mol. The van der Waals surface area contributed by atoms with E-state index in [1.807, 2.05) is 6.20 Å². The van der Waals surface area contributed by atoms with Crippen molar-refractivity contribution in [3.8, 4) is 5.88 Å². The van der Waals surface area contributed by atoms with E-state index in [0.29, 0.717) is 17.0 Å². The average molecular weight is 285 g/mol. The topological polar surface area (TPSA) is 73.1 Å². The number of carbonyl (C=O) groups is 1. The summed E-state index contributed by atoms with van der Waals surface area (Å²) in [5.74, 6) is 0.851. The summed E-state index contributed by atoms with van der Waals surface area (Å²) >= 11 is 0. The Balaban J connectivity index is 1.81. The van der Waals surface area contributed by atoms with Gasteiger partial charge in [-0.25, -0.2) is 9.97 Å². The molecule has 108 valence electrons. The van der Waals surface area contributed by atoms with Crippen molar-refractivity contribution in [2.24, 2.45) is 5.92 Å². The van der Waals surface area contributed by atoms with E-state index < -0.39 is 0 Å². The van der Waals surface area contributed by atoms with E-state index in [1.54, 1.807) is 18.0 Å². The summed E-state index contributed by atoms with van der Waals surface area (Å²) in [5, 5.41) is 0. The number of imidazole rings is 1. The van der Waals surface area contributed by atoms with Gasteiger partial charge in [0.1, 0.15) is 12.7 Å². The summed E-state index contributed by atoms with van der Waals surface area (Å²) in [6.45, 7) is 1.90. The molecule has 21 heavy (non-hydrogen) atoms. The van der Waals surface area contributed by atoms with Crippen LogP contribution in [0.5, 0.6) is 5.88 Å². The normalized spacial score (nSPS) is 20.7. The molecule has 3 fully saturated rings. The first-order valence-corrected chi connectivity index (χ1v) is 7.00. The monoisotopic (exact) mass is 285 g/mol. The number of nitrogens with zero attached hydrogens (tertiary/aromatic N) is 5. The molecule has 7 nitrogen and oxygen atoms in total. The van der Waals surface area contributed by atoms with Crippen LogP contribution >= 0.6 is 0 Å². The second kappa shape index (κ2) is 4.54. The molecule has 0 aromatic carbocycles. The molecule has 0 amide bonds. The molecule has 0 atom stereocenters. The Kier molecular flexibility index (Phi) is 2.66. The summed E-state index contributed by atoms with van der Waals surface area (Å²) in [4.78, 5) is 27.1. The number of carbonyl (C=O) groups excluding carboxylic acids is 1. The Hall–Kier alpha value is -2.44. The van der Waals surface area contributed by atoms with E-state index >= 15 is 0 Å². The summed E-state index contributed by atoms with van der Waals surface area (Å²) in [5.41, 5.74) is 2.00. The number of Topliss-reactive ketones (excluding diaryl/α,β-unsaturated/α-hetero) is 1. The molecule has 3 aliphatic heterocycles. The molecule has 5 heterocycles. The van der Waals surface area contributed by atoms with Crippen molar-refractivity contribution < 1.29 is 9.53 Å². The molecule has 3 saturated heterocycles. The van der Waals surface area contributed by atoms with Crippen LogP contribution in [-0.2, 0) is 4.79 Å². The molecule has 0 spiro atoms. The minimum absolute atomic E-state index is 0.181. The van der Waals surface area contributed by atoms with Crippen LogP contribution in [0, 0.1) is 5.92 Å². The Morgan fingerprint density at radius 1 is 1.29 bits per heavy atom. The molecule has 0 saturated carbocycles. The van der Waals surface area contributed by atoms with Crippen LogP contribution in [0.3, 0.4) is 0 Å². The lowest BCUT2D eigenvalue weighted by Gasteiger charge is -2.40. The molecular weight excluding hydrogens is 270 g/mol. The number of fused-ring (bicyclic) bond motifs is 4. The fourth-order valence-electron chi connectivity index (χ4n) is 3.10. The fourth-order valence-corrected chi connectivity index (χ4v) is 3.10. The molecule has 0 unspecified atom stereocenters. The van der Waals surface area contributed by atoms with E-state index in [9.17, 15) is 4.79 Å². The maximum atomic E-state index is 12.4. The van der Waals surface area contributed by atoms with Gasteiger partial charge in [0.05, 0.1) is 12.8 Å². The zero-order valence-corrected chi connectivity index (χ0v) is 11.7. The number of ether oxygens (including phenoxy) is 1. The van der Waals surface area contributed by atoms with Gasteiger partial charge < -0.3 is 9.64 Å². The fraction of sp³-hybridized carbons (Fsp3) is 0.429. The number of piperidine rings is 3. The second-order valence-corrected chi connectivity index (χ2v) is 5.35. The molecule has 0 aliphatic carbocycles. The maximum Gasteiger partial charge on any atom is 0.245 e. The molecule has 0 N–H and O–H groups in total. The first kappa shape index (κ1) is 12.3. The van der Waals surface area contributed by atoms with Gasteiger partial charge in [-0.1, -0.05) is 0 Å². The van der Waals surface area contributed by atoms with Gasteiger partial charge in [0.15, 0.2) is 16.9 Å². The Morgan fingerprint density at radius 2 is 2.10 bits per heavy atom. The number of hydrogen-bond donors (Lipinski definition) is 0. The van der Waals surface area contributed by atoms with Gasteiger partial charge in [-0.2, -0.15) is 4.98 Å². The summed E-state index contributed by atoms with van der Waals surface area (Å²) in [7, 11) is 1.55. The molecular formula is C14H15N5O2. The summed E-state index contributed by atoms with van der Waals surface area (Å²) in [6.07, 6.45) is 6.85. The first-order valence-electron chi connectivity index (χ1n) is 7.00. The highest BCUT2D eigenvalue weighted by Gasteiger charge is 2.36. The molecule has 2 bridgehead atoms. The summed E-state index contributed by atoms with van der Waals surface area (Å²) < 4.78 is 6.95. The number of ketones is 1. The highest BCUT2D eigenvalue weighted by atomic mass is 16.5. The molecule has 3 aliphatic rings. The third-order valence-corrected chi connectivity index (χ3v) is 4.24. The van der Waals surface area contributed by atoms with Crippen LogP contribution in [0.25, 0.3) is 17.4 Å². The van der Waals surface area contributed by atoms with E-state index in [2.05, 4.69) is 19.9 Å². The Morgan fingerprint density at radius 3 is 2.81 bits per heavy atom. The summed E-state index contributed by atoms with van der Waals surface area (Å²) in [6, 6.07) is 0. The van der Waals surface area contributed by atoms with Crippen molar-refractivity contribution in [1.29, 1.82) is 0 Å². The minimum atomic E-state index is 0.181. The highest BCUT2D eigenvalue weighted by molar-refractivity contribution is 6.01. The number of rotatable bonds is 2. The van der Waals surface area contributed by atoms with Crippen LogP contribution in [0.1, 0.15) is 12.8 Å². The number of allylic oxidation sites excluding steroid dienone is 1. The Bertz CT molecular complexity index is 743. The van der Waals surface area contributed by atoms with Crippen molar-refractivity contribution >= 4 is 23.1 Å². The minimum Gasteiger partial charge on any atom is -0.479 e. The van der Waals surface area contributed by atoms with Crippen molar-refractivity contribution in [3.05, 3.63) is 18.4 Å². The van der Waals surface area contributed by atoms with Crippen LogP contribution < -0.4 is 4.74 Å². The van der Waals surface area contributed by atoms with Gasteiger partial charge in [-0.05, 0) is 12.8 Å². The van der Waals surface area contributed by atoms with Gasteiger partial charge in [0.25, 0.3) is 0 Å². The second-order valence-electron chi connectivity index (χ2n) is 5.35. The van der Waals surface area contributed by atoms with Crippen LogP contribution in [0.2, 0.25) is 0 Å². The molecule has 7 heteroatoms. The zero-order chi connectivity index (χ0) is 14.4. The molecule has 2 aromatic heterocycles. The third-order valence-electron chi connectivity index (χ3n) is 4.24. The van der Waals surface area contributed by atoms with E-state index in [0.717, 1.165) is 31.6 Å². The third kappa shape index (κ3) is 1.80. The molecule has 2 aromatic rings. The average Bonchev–Trinajstić information content (AvgIpc) is 2.94. The van der Waals surface area contributed by atoms with Crippen LogP contribution in [-0.4, -0.2) is 50.4 Å². The maximum absolute atomic E-state index is 12.4. The van der Waals surface area contributed by atoms with Gasteiger partial charge in [0.2, 0.25) is 5.88 Å². The lowest BCUT2D eigenvalue weighted by molar-refractivity contribution is -0.125. The largest absolute Gasteiger partial charge is 0.479 e. The van der Waals surface area contributed by atoms with Crippen molar-refractivity contribution in [1.82, 2.24) is 24.4 Å². The number of methoxy groups -OCH3 is 1. The van der Waals surface area contributed by atoms with E-state index in [1.165, 1.54) is 6.33 Å². The van der Waals surface area contributed by atoms with Gasteiger partial charge >= 0.3 is 0 Å². The van der Waals surface area contributed by atoms with Crippen LogP contribution in [0.15, 0.2) is 18.4 Å². The molecule has 0 radical (unpaired) electrons.